The van der Waals surface area contributed by atoms with Crippen LogP contribution in [0.5, 0.6) is 0 Å². The number of carbonyl (C=O) groups excluding carboxylic acids is 1. The van der Waals surface area contributed by atoms with Gasteiger partial charge in [0.1, 0.15) is 5.69 Å². The van der Waals surface area contributed by atoms with Gasteiger partial charge in [0, 0.05) is 50.6 Å². The van der Waals surface area contributed by atoms with Gasteiger partial charge in [0.05, 0.1) is 12.7 Å². The first kappa shape index (κ1) is 14.4. The minimum atomic E-state index is 0.0614. The number of hydrogen-bond donors (Lipinski definition) is 0. The Labute approximate surface area is 135 Å². The number of likely N-dealkylation sites (tertiary alicyclic amines) is 1. The van der Waals surface area contributed by atoms with Crippen LogP contribution in [0.25, 0.3) is 0 Å². The lowest BCUT2D eigenvalue weighted by atomic mass is 9.77. The number of ether oxygens (including phenoxy) is 1. The predicted molar refractivity (Wildman–Crippen MR) is 83.8 cm³/mol. The molecular weight excluding hydrogens is 292 g/mol. The summed E-state index contributed by atoms with van der Waals surface area (Å²) in [4.78, 5) is 18.5. The van der Waals surface area contributed by atoms with Crippen LogP contribution in [0.1, 0.15) is 22.5 Å². The molecule has 1 atom stereocenters. The zero-order valence-corrected chi connectivity index (χ0v) is 13.2. The highest BCUT2D eigenvalue weighted by Gasteiger charge is 2.50. The topological polar surface area (TPSA) is 60.2 Å². The maximum Gasteiger partial charge on any atom is 0.272 e. The number of carbonyl (C=O) groups is 1. The molecule has 1 spiro atoms. The van der Waals surface area contributed by atoms with Gasteiger partial charge in [-0.1, -0.05) is 6.07 Å². The van der Waals surface area contributed by atoms with Gasteiger partial charge in [-0.2, -0.15) is 5.10 Å². The van der Waals surface area contributed by atoms with Crippen molar-refractivity contribution >= 4 is 5.91 Å². The van der Waals surface area contributed by atoms with Crippen molar-refractivity contribution in [2.45, 2.75) is 18.9 Å². The summed E-state index contributed by atoms with van der Waals surface area (Å²) in [5.74, 6) is 0.0614. The van der Waals surface area contributed by atoms with E-state index >= 15 is 0 Å². The van der Waals surface area contributed by atoms with Crippen LogP contribution in [0.3, 0.4) is 0 Å². The van der Waals surface area contributed by atoms with Crippen LogP contribution in [0.15, 0.2) is 36.8 Å². The lowest BCUT2D eigenvalue weighted by Gasteiger charge is -2.47. The molecule has 0 aliphatic carbocycles. The molecule has 4 rings (SSSR count). The SMILES string of the molecule is Cn1nccc1C(=O)N1CC2(CO[C@@H](Cc3cccnc3)C2)C1. The Bertz CT molecular complexity index is 706. The van der Waals surface area contributed by atoms with E-state index in [2.05, 4.69) is 16.1 Å². The summed E-state index contributed by atoms with van der Waals surface area (Å²) in [6.07, 6.45) is 7.48. The summed E-state index contributed by atoms with van der Waals surface area (Å²) in [6.45, 7) is 2.30. The first-order chi connectivity index (χ1) is 11.2. The Kier molecular flexibility index (Phi) is 3.41. The Morgan fingerprint density at radius 2 is 2.26 bits per heavy atom. The summed E-state index contributed by atoms with van der Waals surface area (Å²) < 4.78 is 7.60. The number of rotatable bonds is 3. The van der Waals surface area contributed by atoms with Gasteiger partial charge in [-0.25, -0.2) is 0 Å². The number of amides is 1. The molecule has 6 nitrogen and oxygen atoms in total. The van der Waals surface area contributed by atoms with Gasteiger partial charge < -0.3 is 9.64 Å². The fraction of sp³-hybridized carbons (Fsp3) is 0.471. The smallest absolute Gasteiger partial charge is 0.272 e. The third kappa shape index (κ3) is 2.63. The van der Waals surface area contributed by atoms with Crippen molar-refractivity contribution in [1.82, 2.24) is 19.7 Å². The molecule has 0 bridgehead atoms. The van der Waals surface area contributed by atoms with Crippen molar-refractivity contribution in [2.75, 3.05) is 19.7 Å². The second-order valence-electron chi connectivity index (χ2n) is 6.70. The van der Waals surface area contributed by atoms with Gasteiger partial charge in [-0.05, 0) is 24.1 Å². The lowest BCUT2D eigenvalue weighted by Crippen LogP contribution is -2.59. The van der Waals surface area contributed by atoms with E-state index in [1.807, 2.05) is 17.2 Å². The third-order valence-corrected chi connectivity index (χ3v) is 4.85. The molecule has 4 heterocycles. The highest BCUT2D eigenvalue weighted by molar-refractivity contribution is 5.93. The molecule has 1 amide bonds. The number of hydrogen-bond acceptors (Lipinski definition) is 4. The normalized spacial score (nSPS) is 22.3. The molecule has 6 heteroatoms. The number of nitrogens with zero attached hydrogens (tertiary/aromatic N) is 4. The van der Waals surface area contributed by atoms with E-state index in [-0.39, 0.29) is 17.4 Å². The van der Waals surface area contributed by atoms with Crippen LogP contribution in [-0.4, -0.2) is 51.4 Å². The molecule has 2 aromatic heterocycles. The number of pyridine rings is 1. The van der Waals surface area contributed by atoms with Crippen LogP contribution in [0.4, 0.5) is 0 Å². The summed E-state index contributed by atoms with van der Waals surface area (Å²) >= 11 is 0. The molecule has 2 aromatic rings. The van der Waals surface area contributed by atoms with Gasteiger partial charge in [0.2, 0.25) is 0 Å². The number of aromatic nitrogens is 3. The minimum Gasteiger partial charge on any atom is -0.377 e. The van der Waals surface area contributed by atoms with Crippen molar-refractivity contribution in [3.05, 3.63) is 48.0 Å². The van der Waals surface area contributed by atoms with Crippen LogP contribution in [-0.2, 0) is 18.2 Å². The average Bonchev–Trinajstić information content (AvgIpc) is 3.13. The van der Waals surface area contributed by atoms with E-state index in [1.165, 1.54) is 5.56 Å². The van der Waals surface area contributed by atoms with Crippen LogP contribution in [0, 0.1) is 5.41 Å². The van der Waals surface area contributed by atoms with E-state index in [4.69, 9.17) is 4.74 Å². The molecule has 2 fully saturated rings. The van der Waals surface area contributed by atoms with Crippen LogP contribution in [0.2, 0.25) is 0 Å². The second-order valence-corrected chi connectivity index (χ2v) is 6.70. The lowest BCUT2D eigenvalue weighted by molar-refractivity contribution is -0.00203. The molecular formula is C17H20N4O2. The molecule has 0 unspecified atom stereocenters. The molecule has 0 N–H and O–H groups in total. The highest BCUT2D eigenvalue weighted by atomic mass is 16.5. The monoisotopic (exact) mass is 312 g/mol. The van der Waals surface area contributed by atoms with E-state index < -0.39 is 0 Å². The van der Waals surface area contributed by atoms with Crippen LogP contribution >= 0.6 is 0 Å². The van der Waals surface area contributed by atoms with Gasteiger partial charge in [0.25, 0.3) is 5.91 Å². The fourth-order valence-electron chi connectivity index (χ4n) is 3.68. The molecule has 2 saturated heterocycles. The Hall–Kier alpha value is -2.21. The molecule has 0 aromatic carbocycles. The number of aryl methyl sites for hydroxylation is 1. The van der Waals surface area contributed by atoms with Gasteiger partial charge in [0.15, 0.2) is 0 Å². The predicted octanol–water partition coefficient (Wildman–Crippen LogP) is 1.29. The highest BCUT2D eigenvalue weighted by Crippen LogP contribution is 2.42. The summed E-state index contributed by atoms with van der Waals surface area (Å²) in [6, 6.07) is 5.81. The van der Waals surface area contributed by atoms with Crippen molar-refractivity contribution in [2.24, 2.45) is 12.5 Å². The third-order valence-electron chi connectivity index (χ3n) is 4.85. The van der Waals surface area contributed by atoms with Gasteiger partial charge in [-0.15, -0.1) is 0 Å². The zero-order valence-electron chi connectivity index (χ0n) is 13.2. The maximum absolute atomic E-state index is 12.4. The first-order valence-electron chi connectivity index (χ1n) is 7.93. The Morgan fingerprint density at radius 3 is 2.96 bits per heavy atom. The average molecular weight is 312 g/mol. The van der Waals surface area contributed by atoms with E-state index in [0.29, 0.717) is 5.69 Å². The van der Waals surface area contributed by atoms with Crippen molar-refractivity contribution in [3.8, 4) is 0 Å². The van der Waals surface area contributed by atoms with Crippen molar-refractivity contribution in [3.63, 3.8) is 0 Å². The van der Waals surface area contributed by atoms with Crippen molar-refractivity contribution in [1.29, 1.82) is 0 Å². The summed E-state index contributed by atoms with van der Waals surface area (Å²) in [7, 11) is 1.80. The summed E-state index contributed by atoms with van der Waals surface area (Å²) in [5, 5.41) is 4.06. The molecule has 23 heavy (non-hydrogen) atoms. The van der Waals surface area contributed by atoms with E-state index in [9.17, 15) is 4.79 Å². The van der Waals surface area contributed by atoms with Crippen LogP contribution < -0.4 is 0 Å². The Morgan fingerprint density at radius 1 is 1.39 bits per heavy atom. The molecule has 0 saturated carbocycles. The minimum absolute atomic E-state index is 0.0614. The molecule has 0 radical (unpaired) electrons. The standard InChI is InChI=1S/C17H20N4O2/c1-20-15(4-6-19-20)16(22)21-10-17(11-21)8-14(23-12-17)7-13-3-2-5-18-9-13/h2-6,9,14H,7-8,10-12H2,1H3/t14-/m0/s1. The first-order valence-corrected chi connectivity index (χ1v) is 7.93. The molecule has 120 valence electrons. The summed E-state index contributed by atoms with van der Waals surface area (Å²) in [5.41, 5.74) is 1.99. The van der Waals surface area contributed by atoms with E-state index in [1.54, 1.807) is 30.2 Å². The second kappa shape index (κ2) is 5.45. The zero-order chi connectivity index (χ0) is 15.9. The molecule has 2 aliphatic rings. The molecule has 2 aliphatic heterocycles. The largest absolute Gasteiger partial charge is 0.377 e. The van der Waals surface area contributed by atoms with Gasteiger partial charge in [-0.3, -0.25) is 14.5 Å². The quantitative estimate of drug-likeness (QED) is 0.857. The fourth-order valence-corrected chi connectivity index (χ4v) is 3.68. The van der Waals surface area contributed by atoms with Crippen molar-refractivity contribution < 1.29 is 9.53 Å². The maximum atomic E-state index is 12.4. The van der Waals surface area contributed by atoms with Gasteiger partial charge >= 0.3 is 0 Å². The van der Waals surface area contributed by atoms with E-state index in [0.717, 1.165) is 32.5 Å². The Balaban J connectivity index is 1.35.